The summed E-state index contributed by atoms with van der Waals surface area (Å²) in [6.07, 6.45) is 0. The first kappa shape index (κ1) is 24.7. The van der Waals surface area contributed by atoms with Gasteiger partial charge in [-0.1, -0.05) is 109 Å². The molecule has 0 bridgehead atoms. The smallest absolute Gasteiger partial charge is 0.258 e. The number of nitrogens with one attached hydrogen (secondary N) is 2. The maximum atomic E-state index is 12.6. The van der Waals surface area contributed by atoms with E-state index in [0.717, 1.165) is 16.7 Å². The average molecular weight is 509 g/mol. The van der Waals surface area contributed by atoms with Gasteiger partial charge in [-0.2, -0.15) is 0 Å². The van der Waals surface area contributed by atoms with Gasteiger partial charge in [-0.25, -0.2) is 0 Å². The summed E-state index contributed by atoms with van der Waals surface area (Å²) in [7, 11) is 0. The van der Waals surface area contributed by atoms with E-state index in [1.165, 1.54) is 0 Å². The van der Waals surface area contributed by atoms with Crippen molar-refractivity contribution in [2.45, 2.75) is 16.8 Å². The standard InChI is InChI=1S/C31H28N2O3S/c34-28(21-36-26-19-11-4-12-20-26)33-29-27(32-30(29)35)22-37-31(23-13-5-1-6-14-23,24-15-7-2-8-16-24)25-17-9-3-10-18-25/h1-20,27,29H,21-22H2,(H,32,35)(H,33,34). The maximum Gasteiger partial charge on any atom is 0.258 e. The second kappa shape index (κ2) is 11.4. The van der Waals surface area contributed by atoms with Crippen LogP contribution in [0, 0.1) is 0 Å². The van der Waals surface area contributed by atoms with Crippen LogP contribution in [-0.2, 0) is 14.3 Å². The molecule has 1 aliphatic heterocycles. The normalized spacial score (nSPS) is 16.8. The van der Waals surface area contributed by atoms with Crippen LogP contribution in [0.1, 0.15) is 16.7 Å². The Morgan fingerprint density at radius 3 is 1.68 bits per heavy atom. The highest BCUT2D eigenvalue weighted by atomic mass is 32.2. The van der Waals surface area contributed by atoms with E-state index < -0.39 is 10.8 Å². The van der Waals surface area contributed by atoms with Crippen LogP contribution in [0.25, 0.3) is 0 Å². The van der Waals surface area contributed by atoms with Gasteiger partial charge in [-0.05, 0) is 28.8 Å². The Labute approximate surface area is 221 Å². The molecule has 5 nitrogen and oxygen atoms in total. The molecule has 2 N–H and O–H groups in total. The number of para-hydroxylation sites is 1. The van der Waals surface area contributed by atoms with Crippen molar-refractivity contribution in [2.75, 3.05) is 12.4 Å². The summed E-state index contributed by atoms with van der Waals surface area (Å²) in [5.74, 6) is 0.721. The first-order valence-corrected chi connectivity index (χ1v) is 13.2. The van der Waals surface area contributed by atoms with Gasteiger partial charge in [0.1, 0.15) is 11.8 Å². The van der Waals surface area contributed by atoms with E-state index in [-0.39, 0.29) is 24.5 Å². The number of carbonyl (C=O) groups is 2. The molecule has 0 aromatic heterocycles. The van der Waals surface area contributed by atoms with Crippen molar-refractivity contribution in [3.63, 3.8) is 0 Å². The maximum absolute atomic E-state index is 12.6. The molecule has 2 amide bonds. The SMILES string of the molecule is O=C(COc1ccccc1)NC1C(=O)NC1CSC(c1ccccc1)(c1ccccc1)c1ccccc1. The molecule has 2 atom stereocenters. The van der Waals surface area contributed by atoms with E-state index in [2.05, 4.69) is 83.4 Å². The molecule has 37 heavy (non-hydrogen) atoms. The van der Waals surface area contributed by atoms with Crippen LogP contribution >= 0.6 is 11.8 Å². The van der Waals surface area contributed by atoms with Gasteiger partial charge >= 0.3 is 0 Å². The summed E-state index contributed by atoms with van der Waals surface area (Å²) < 4.78 is 5.06. The van der Waals surface area contributed by atoms with Gasteiger partial charge in [0, 0.05) is 5.75 Å². The first-order chi connectivity index (χ1) is 18.2. The van der Waals surface area contributed by atoms with Crippen molar-refractivity contribution in [3.8, 4) is 5.75 Å². The fourth-order valence-electron chi connectivity index (χ4n) is 4.61. The third-order valence-corrected chi connectivity index (χ3v) is 8.13. The van der Waals surface area contributed by atoms with Crippen LogP contribution in [0.3, 0.4) is 0 Å². The Morgan fingerprint density at radius 1 is 0.757 bits per heavy atom. The summed E-state index contributed by atoms with van der Waals surface area (Å²) in [5, 5.41) is 5.84. The molecular formula is C31H28N2O3S. The van der Waals surface area contributed by atoms with Crippen LogP contribution in [-0.4, -0.2) is 36.3 Å². The molecule has 1 fully saturated rings. The predicted molar refractivity (Wildman–Crippen MR) is 147 cm³/mol. The lowest BCUT2D eigenvalue weighted by Crippen LogP contribution is -2.70. The van der Waals surface area contributed by atoms with Crippen molar-refractivity contribution in [1.29, 1.82) is 0 Å². The quantitative estimate of drug-likeness (QED) is 0.239. The molecule has 6 heteroatoms. The molecule has 5 rings (SSSR count). The number of β-lactam (4-membered cyclic amide) rings is 1. The minimum atomic E-state index is -0.598. The van der Waals surface area contributed by atoms with Crippen molar-refractivity contribution < 1.29 is 14.3 Å². The summed E-state index contributed by atoms with van der Waals surface area (Å²) in [5.41, 5.74) is 3.46. The zero-order valence-electron chi connectivity index (χ0n) is 20.2. The lowest BCUT2D eigenvalue weighted by molar-refractivity contribution is -0.136. The summed E-state index contributed by atoms with van der Waals surface area (Å²) in [4.78, 5) is 25.0. The second-order valence-electron chi connectivity index (χ2n) is 8.85. The molecule has 0 saturated carbocycles. The lowest BCUT2D eigenvalue weighted by atomic mass is 9.84. The molecule has 0 radical (unpaired) electrons. The fraction of sp³-hybridized carbons (Fsp3) is 0.161. The second-order valence-corrected chi connectivity index (χ2v) is 10.1. The van der Waals surface area contributed by atoms with Crippen LogP contribution in [0.5, 0.6) is 5.75 Å². The van der Waals surface area contributed by atoms with E-state index in [1.54, 1.807) is 23.9 Å². The molecule has 1 saturated heterocycles. The minimum Gasteiger partial charge on any atom is -0.484 e. The van der Waals surface area contributed by atoms with Crippen LogP contribution in [0.4, 0.5) is 0 Å². The van der Waals surface area contributed by atoms with Gasteiger partial charge < -0.3 is 15.4 Å². The van der Waals surface area contributed by atoms with Gasteiger partial charge in [0.05, 0.1) is 10.8 Å². The molecular weight excluding hydrogens is 480 g/mol. The van der Waals surface area contributed by atoms with Gasteiger partial charge in [-0.15, -0.1) is 11.8 Å². The van der Waals surface area contributed by atoms with Gasteiger partial charge in [0.2, 0.25) is 5.91 Å². The number of carbonyl (C=O) groups excluding carboxylic acids is 2. The third-order valence-electron chi connectivity index (χ3n) is 6.46. The lowest BCUT2D eigenvalue weighted by Gasteiger charge is -2.41. The fourth-order valence-corrected chi connectivity index (χ4v) is 6.22. The van der Waals surface area contributed by atoms with Gasteiger partial charge in [-0.3, -0.25) is 9.59 Å². The largest absolute Gasteiger partial charge is 0.484 e. The number of thioether (sulfide) groups is 1. The third kappa shape index (κ3) is 5.39. The minimum absolute atomic E-state index is 0.143. The number of benzene rings is 4. The van der Waals surface area contributed by atoms with E-state index >= 15 is 0 Å². The molecule has 4 aromatic carbocycles. The van der Waals surface area contributed by atoms with Crippen molar-refractivity contribution >= 4 is 23.6 Å². The van der Waals surface area contributed by atoms with Crippen molar-refractivity contribution in [3.05, 3.63) is 138 Å². The molecule has 186 valence electrons. The topological polar surface area (TPSA) is 67.4 Å². The Kier molecular flexibility index (Phi) is 7.57. The molecule has 4 aromatic rings. The number of rotatable bonds is 10. The van der Waals surface area contributed by atoms with Gasteiger partial charge in [0.25, 0.3) is 5.91 Å². The summed E-state index contributed by atoms with van der Waals surface area (Å²) in [6.45, 7) is -0.143. The van der Waals surface area contributed by atoms with E-state index in [0.29, 0.717) is 11.5 Å². The zero-order chi connectivity index (χ0) is 25.5. The average Bonchev–Trinajstić information content (AvgIpc) is 2.97. The first-order valence-electron chi connectivity index (χ1n) is 12.2. The van der Waals surface area contributed by atoms with Crippen LogP contribution < -0.4 is 15.4 Å². The van der Waals surface area contributed by atoms with Crippen LogP contribution in [0.15, 0.2) is 121 Å². The Morgan fingerprint density at radius 2 is 1.22 bits per heavy atom. The number of hydrogen-bond donors (Lipinski definition) is 2. The predicted octanol–water partition coefficient (Wildman–Crippen LogP) is 4.77. The van der Waals surface area contributed by atoms with Crippen molar-refractivity contribution in [2.24, 2.45) is 0 Å². The summed E-state index contributed by atoms with van der Waals surface area (Å²) >= 11 is 1.76. The summed E-state index contributed by atoms with van der Waals surface area (Å²) in [6, 6.07) is 39.6. The number of hydrogen-bond acceptors (Lipinski definition) is 4. The Balaban J connectivity index is 1.36. The van der Waals surface area contributed by atoms with E-state index in [9.17, 15) is 9.59 Å². The highest BCUT2D eigenvalue weighted by Gasteiger charge is 2.44. The Bertz CT molecular complexity index is 1220. The van der Waals surface area contributed by atoms with Crippen molar-refractivity contribution in [1.82, 2.24) is 10.6 Å². The van der Waals surface area contributed by atoms with Crippen LogP contribution in [0.2, 0.25) is 0 Å². The Hall–Kier alpha value is -4.03. The highest BCUT2D eigenvalue weighted by molar-refractivity contribution is 8.00. The highest BCUT2D eigenvalue weighted by Crippen LogP contribution is 2.48. The molecule has 0 aliphatic carbocycles. The monoisotopic (exact) mass is 508 g/mol. The zero-order valence-corrected chi connectivity index (χ0v) is 21.1. The molecule has 1 heterocycles. The number of amides is 2. The molecule has 1 aliphatic rings. The van der Waals surface area contributed by atoms with Gasteiger partial charge in [0.15, 0.2) is 6.61 Å². The molecule has 0 spiro atoms. The van der Waals surface area contributed by atoms with E-state index in [1.807, 2.05) is 36.4 Å². The van der Waals surface area contributed by atoms with E-state index in [4.69, 9.17) is 4.74 Å². The number of ether oxygens (including phenoxy) is 1. The molecule has 2 unspecified atom stereocenters.